The molecule has 37 heavy (non-hydrogen) atoms. The van der Waals surface area contributed by atoms with E-state index in [9.17, 15) is 14.7 Å². The summed E-state index contributed by atoms with van der Waals surface area (Å²) in [6.45, 7) is 2.15. The summed E-state index contributed by atoms with van der Waals surface area (Å²) in [5.74, 6) is -0.136. The fourth-order valence-corrected chi connectivity index (χ4v) is 8.10. The van der Waals surface area contributed by atoms with Gasteiger partial charge in [-0.2, -0.15) is 0 Å². The number of nitrogens with zero attached hydrogens (tertiary/aromatic N) is 4. The second-order valence-corrected chi connectivity index (χ2v) is 12.6. The van der Waals surface area contributed by atoms with E-state index >= 15 is 0 Å². The van der Waals surface area contributed by atoms with Crippen molar-refractivity contribution in [1.29, 1.82) is 0 Å². The molecular weight excluding hydrogens is 553 g/mol. The summed E-state index contributed by atoms with van der Waals surface area (Å²) in [5.41, 5.74) is 1.20. The van der Waals surface area contributed by atoms with Gasteiger partial charge in [0.2, 0.25) is 0 Å². The van der Waals surface area contributed by atoms with Crippen molar-refractivity contribution in [2.24, 2.45) is 11.8 Å². The van der Waals surface area contributed by atoms with Crippen molar-refractivity contribution < 1.29 is 14.7 Å². The summed E-state index contributed by atoms with van der Waals surface area (Å²) in [6.07, 6.45) is 6.28. The first kappa shape index (κ1) is 24.9. The average Bonchev–Trinajstić information content (AvgIpc) is 3.68. The third-order valence-electron chi connectivity index (χ3n) is 7.53. The number of carbonyl (C=O) groups excluding carboxylic acids is 1. The third kappa shape index (κ3) is 4.92. The van der Waals surface area contributed by atoms with Gasteiger partial charge in [-0.05, 0) is 50.2 Å². The molecule has 2 aliphatic heterocycles. The number of carbonyl (C=O) groups is 2. The molecule has 194 valence electrons. The zero-order valence-corrected chi connectivity index (χ0v) is 23.0. The number of carboxylic acid groups (broad SMARTS) is 1. The number of thiazole rings is 1. The minimum atomic E-state index is -0.765. The van der Waals surface area contributed by atoms with E-state index < -0.39 is 5.97 Å². The van der Waals surface area contributed by atoms with Crippen molar-refractivity contribution >= 4 is 73.7 Å². The van der Waals surface area contributed by atoms with Crippen LogP contribution in [0.25, 0.3) is 10.6 Å². The molecule has 12 heteroatoms. The number of fused-ring (bicyclic) bond motifs is 2. The van der Waals surface area contributed by atoms with E-state index in [2.05, 4.69) is 15.2 Å². The summed E-state index contributed by atoms with van der Waals surface area (Å²) >= 11 is 15.8. The van der Waals surface area contributed by atoms with Crippen molar-refractivity contribution in [1.82, 2.24) is 9.97 Å². The number of hydrogen-bond acceptors (Lipinski definition) is 8. The third-order valence-corrected chi connectivity index (χ3v) is 10.1. The monoisotopic (exact) mass is 577 g/mol. The second-order valence-electron chi connectivity index (χ2n) is 9.87. The maximum atomic E-state index is 13.1. The lowest BCUT2D eigenvalue weighted by Crippen LogP contribution is -2.37. The number of anilines is 3. The highest BCUT2D eigenvalue weighted by Crippen LogP contribution is 2.48. The first-order valence-electron chi connectivity index (χ1n) is 12.3. The molecule has 3 aliphatic rings. The molecule has 3 aromatic rings. The molecule has 5 heterocycles. The summed E-state index contributed by atoms with van der Waals surface area (Å²) in [6, 6.07) is 4.06. The van der Waals surface area contributed by atoms with Crippen LogP contribution in [-0.2, 0) is 4.79 Å². The zero-order chi connectivity index (χ0) is 25.7. The highest BCUT2D eigenvalue weighted by atomic mass is 35.5. The van der Waals surface area contributed by atoms with Gasteiger partial charge in [0, 0.05) is 37.3 Å². The molecule has 0 aromatic carbocycles. The lowest BCUT2D eigenvalue weighted by molar-refractivity contribution is -0.142. The SMILES string of the molecule is O=C(Nc1nc(-c2cc(Cl)cs2)c(N2CC3CCC2C3)s1)c1cnc(N2CCC(C(=O)O)CC2)c(Cl)c1. The van der Waals surface area contributed by atoms with Crippen molar-refractivity contribution in [2.45, 2.75) is 38.1 Å². The lowest BCUT2D eigenvalue weighted by atomic mass is 9.97. The molecule has 2 unspecified atom stereocenters. The number of aromatic nitrogens is 2. The van der Waals surface area contributed by atoms with Crippen molar-refractivity contribution in [3.05, 3.63) is 39.3 Å². The summed E-state index contributed by atoms with van der Waals surface area (Å²) in [5, 5.41) is 16.7. The molecule has 2 N–H and O–H groups in total. The number of pyridine rings is 1. The molecule has 1 aliphatic carbocycles. The van der Waals surface area contributed by atoms with E-state index in [-0.39, 0.29) is 11.8 Å². The van der Waals surface area contributed by atoms with Crippen LogP contribution < -0.4 is 15.1 Å². The van der Waals surface area contributed by atoms with Gasteiger partial charge in [-0.3, -0.25) is 14.9 Å². The normalized spacial score (nSPS) is 21.6. The van der Waals surface area contributed by atoms with E-state index in [0.717, 1.165) is 28.0 Å². The van der Waals surface area contributed by atoms with Gasteiger partial charge in [-0.1, -0.05) is 34.5 Å². The molecule has 0 radical (unpaired) electrons. The van der Waals surface area contributed by atoms with Gasteiger partial charge in [0.05, 0.1) is 26.4 Å². The number of amides is 1. The number of carboxylic acids is 1. The first-order valence-corrected chi connectivity index (χ1v) is 14.8. The summed E-state index contributed by atoms with van der Waals surface area (Å²) in [4.78, 5) is 39.0. The smallest absolute Gasteiger partial charge is 0.306 e. The van der Waals surface area contributed by atoms with Gasteiger partial charge in [0.1, 0.15) is 16.5 Å². The highest BCUT2D eigenvalue weighted by Gasteiger charge is 2.40. The lowest BCUT2D eigenvalue weighted by Gasteiger charge is -2.31. The van der Waals surface area contributed by atoms with Crippen LogP contribution in [0.15, 0.2) is 23.7 Å². The quantitative estimate of drug-likeness (QED) is 0.364. The molecule has 0 spiro atoms. The van der Waals surface area contributed by atoms with E-state index in [1.165, 1.54) is 36.8 Å². The molecule has 2 saturated heterocycles. The Hall–Kier alpha value is -2.40. The molecule has 1 saturated carbocycles. The molecule has 1 amide bonds. The van der Waals surface area contributed by atoms with E-state index in [0.29, 0.717) is 58.5 Å². The van der Waals surface area contributed by atoms with E-state index in [4.69, 9.17) is 28.2 Å². The van der Waals surface area contributed by atoms with Crippen molar-refractivity contribution in [3.63, 3.8) is 0 Å². The molecule has 3 aromatic heterocycles. The standard InChI is InChI=1S/C25H25Cl2N5O3S2/c26-16-9-19(36-12-16)20-23(32-11-13-1-2-17(32)7-13)37-25(29-20)30-22(33)15-8-18(27)21(28-10-15)31-5-3-14(4-6-31)24(34)35/h8-10,12-14,17H,1-7,11H2,(H,34,35)(H,29,30,33). The summed E-state index contributed by atoms with van der Waals surface area (Å²) < 4.78 is 0. The Labute approximate surface area is 232 Å². The number of nitrogens with one attached hydrogen (secondary N) is 1. The Morgan fingerprint density at radius 2 is 1.95 bits per heavy atom. The number of halogens is 2. The molecule has 8 nitrogen and oxygen atoms in total. The molecule has 2 bridgehead atoms. The van der Waals surface area contributed by atoms with Crippen molar-refractivity contribution in [2.75, 3.05) is 34.8 Å². The first-order chi connectivity index (χ1) is 17.9. The zero-order valence-electron chi connectivity index (χ0n) is 19.8. The van der Waals surface area contributed by atoms with Gasteiger partial charge in [-0.25, -0.2) is 9.97 Å². The van der Waals surface area contributed by atoms with Crippen LogP contribution >= 0.6 is 45.9 Å². The number of thiophene rings is 1. The average molecular weight is 579 g/mol. The Morgan fingerprint density at radius 3 is 2.57 bits per heavy atom. The minimum absolute atomic E-state index is 0.329. The van der Waals surface area contributed by atoms with Gasteiger partial charge in [0.15, 0.2) is 5.13 Å². The van der Waals surface area contributed by atoms with E-state index in [1.54, 1.807) is 17.4 Å². The van der Waals surface area contributed by atoms with Gasteiger partial charge >= 0.3 is 5.97 Å². The highest BCUT2D eigenvalue weighted by molar-refractivity contribution is 7.21. The maximum Gasteiger partial charge on any atom is 0.306 e. The van der Waals surface area contributed by atoms with Crippen LogP contribution in [0, 0.1) is 11.8 Å². The maximum absolute atomic E-state index is 13.1. The van der Waals surface area contributed by atoms with Crippen LogP contribution in [0.5, 0.6) is 0 Å². The largest absolute Gasteiger partial charge is 0.481 e. The summed E-state index contributed by atoms with van der Waals surface area (Å²) in [7, 11) is 0. The molecule has 2 atom stereocenters. The van der Waals surface area contributed by atoms with Gasteiger partial charge in [0.25, 0.3) is 5.91 Å². The number of hydrogen-bond donors (Lipinski definition) is 2. The van der Waals surface area contributed by atoms with Crippen molar-refractivity contribution in [3.8, 4) is 10.6 Å². The van der Waals surface area contributed by atoms with Crippen LogP contribution in [0.4, 0.5) is 16.0 Å². The second kappa shape index (κ2) is 10.1. The predicted molar refractivity (Wildman–Crippen MR) is 149 cm³/mol. The number of aliphatic carboxylic acids is 1. The Morgan fingerprint density at radius 1 is 1.14 bits per heavy atom. The fourth-order valence-electron chi connectivity index (χ4n) is 5.63. The molecular formula is C25H25Cl2N5O3S2. The Bertz CT molecular complexity index is 1350. The van der Waals surface area contributed by atoms with Crippen LogP contribution in [0.1, 0.15) is 42.5 Å². The molecule has 3 fully saturated rings. The van der Waals surface area contributed by atoms with Crippen LogP contribution in [-0.4, -0.2) is 52.6 Å². The predicted octanol–water partition coefficient (Wildman–Crippen LogP) is 6.12. The van der Waals surface area contributed by atoms with Crippen LogP contribution in [0.3, 0.4) is 0 Å². The Balaban J connectivity index is 1.20. The Kier molecular flexibility index (Phi) is 6.77. The van der Waals surface area contributed by atoms with Gasteiger partial charge in [-0.15, -0.1) is 11.3 Å². The molecule has 6 rings (SSSR count). The minimum Gasteiger partial charge on any atom is -0.481 e. The topological polar surface area (TPSA) is 98.7 Å². The number of rotatable bonds is 6. The van der Waals surface area contributed by atoms with Gasteiger partial charge < -0.3 is 14.9 Å². The number of piperidine rings is 2. The van der Waals surface area contributed by atoms with Crippen LogP contribution in [0.2, 0.25) is 10.0 Å². The van der Waals surface area contributed by atoms with E-state index in [1.807, 2.05) is 16.3 Å². The fraction of sp³-hybridized carbons (Fsp3) is 0.440.